The highest BCUT2D eigenvalue weighted by molar-refractivity contribution is 7.89. The van der Waals surface area contributed by atoms with Crippen LogP contribution in [0.25, 0.3) is 11.0 Å². The van der Waals surface area contributed by atoms with Gasteiger partial charge in [0.05, 0.1) is 9.92 Å². The minimum absolute atomic E-state index is 0.00114. The molecule has 3 aromatic rings. The summed E-state index contributed by atoms with van der Waals surface area (Å²) in [6, 6.07) is 8.47. The number of aryl methyl sites for hydroxylation is 1. The maximum Gasteiger partial charge on any atom is 0.291 e. The van der Waals surface area contributed by atoms with Crippen molar-refractivity contribution < 1.29 is 22.0 Å². The number of fused-ring (bicyclic) bond motifs is 1. The van der Waals surface area contributed by atoms with E-state index in [9.17, 15) is 17.6 Å². The molecule has 4 rings (SSSR count). The van der Waals surface area contributed by atoms with Crippen LogP contribution in [0.5, 0.6) is 0 Å². The predicted molar refractivity (Wildman–Crippen MR) is 122 cm³/mol. The number of nitrogens with zero attached hydrogens (tertiary/aromatic N) is 1. The van der Waals surface area contributed by atoms with Crippen molar-refractivity contribution in [3.63, 3.8) is 0 Å². The van der Waals surface area contributed by atoms with E-state index in [1.807, 2.05) is 0 Å². The van der Waals surface area contributed by atoms with Gasteiger partial charge in [-0.15, -0.1) is 0 Å². The third-order valence-corrected chi connectivity index (χ3v) is 8.25. The molecule has 1 aliphatic carbocycles. The SMILES string of the molecule is Cc1c(C(=O)Nc2ccc(F)c(Cl)c2)oc2ccc(S(=O)(=O)N(C)C3CCCCC3)cc12. The highest BCUT2D eigenvalue weighted by Gasteiger charge is 2.30. The molecule has 6 nitrogen and oxygen atoms in total. The molecule has 0 radical (unpaired) electrons. The lowest BCUT2D eigenvalue weighted by Crippen LogP contribution is -2.38. The number of nitrogens with one attached hydrogen (secondary N) is 1. The minimum atomic E-state index is -3.67. The van der Waals surface area contributed by atoms with Gasteiger partial charge in [0, 0.05) is 29.7 Å². The fraction of sp³-hybridized carbons (Fsp3) is 0.348. The van der Waals surface area contributed by atoms with Gasteiger partial charge in [-0.3, -0.25) is 4.79 Å². The van der Waals surface area contributed by atoms with Gasteiger partial charge in [0.1, 0.15) is 11.4 Å². The third kappa shape index (κ3) is 4.27. The van der Waals surface area contributed by atoms with Crippen LogP contribution in [0.2, 0.25) is 5.02 Å². The first kappa shape index (κ1) is 22.8. The average Bonchev–Trinajstić information content (AvgIpc) is 3.12. The molecule has 1 N–H and O–H groups in total. The Bertz CT molecular complexity index is 1280. The topological polar surface area (TPSA) is 79.6 Å². The lowest BCUT2D eigenvalue weighted by atomic mass is 9.96. The van der Waals surface area contributed by atoms with Gasteiger partial charge >= 0.3 is 0 Å². The van der Waals surface area contributed by atoms with E-state index >= 15 is 0 Å². The number of carbonyl (C=O) groups is 1. The van der Waals surface area contributed by atoms with Crippen molar-refractivity contribution in [2.24, 2.45) is 0 Å². The molecule has 0 saturated heterocycles. The summed E-state index contributed by atoms with van der Waals surface area (Å²) in [6.07, 6.45) is 4.92. The van der Waals surface area contributed by atoms with Crippen molar-refractivity contribution in [1.29, 1.82) is 0 Å². The normalized spacial score (nSPS) is 15.4. The van der Waals surface area contributed by atoms with Crippen LogP contribution >= 0.6 is 11.6 Å². The van der Waals surface area contributed by atoms with Crippen LogP contribution in [0.4, 0.5) is 10.1 Å². The number of anilines is 1. The van der Waals surface area contributed by atoms with Gasteiger partial charge in [0.25, 0.3) is 5.91 Å². The zero-order chi connectivity index (χ0) is 23.0. The molecule has 0 atom stereocenters. The van der Waals surface area contributed by atoms with Crippen LogP contribution in [0, 0.1) is 12.7 Å². The molecular weight excluding hydrogens is 455 g/mol. The van der Waals surface area contributed by atoms with Gasteiger partial charge in [0.2, 0.25) is 10.0 Å². The number of halogens is 2. The predicted octanol–water partition coefficient (Wildman–Crippen LogP) is 5.74. The molecule has 1 amide bonds. The van der Waals surface area contributed by atoms with Crippen molar-refractivity contribution in [2.45, 2.75) is 50.0 Å². The first-order valence-electron chi connectivity index (χ1n) is 10.5. The number of hydrogen-bond donors (Lipinski definition) is 1. The van der Waals surface area contributed by atoms with Crippen molar-refractivity contribution >= 4 is 44.2 Å². The Labute approximate surface area is 191 Å². The van der Waals surface area contributed by atoms with E-state index in [2.05, 4.69) is 5.32 Å². The Morgan fingerprint density at radius 3 is 2.56 bits per heavy atom. The van der Waals surface area contributed by atoms with Gasteiger partial charge in [-0.2, -0.15) is 4.31 Å². The summed E-state index contributed by atoms with van der Waals surface area (Å²) >= 11 is 5.77. The Balaban J connectivity index is 1.63. The molecular formula is C23H24ClFN2O4S. The molecule has 1 aromatic heterocycles. The fourth-order valence-electron chi connectivity index (χ4n) is 4.15. The molecule has 1 aliphatic rings. The van der Waals surface area contributed by atoms with Gasteiger partial charge in [0.15, 0.2) is 5.76 Å². The van der Waals surface area contributed by atoms with Gasteiger partial charge in [-0.05, 0) is 56.2 Å². The minimum Gasteiger partial charge on any atom is -0.451 e. The van der Waals surface area contributed by atoms with Crippen LogP contribution in [-0.4, -0.2) is 31.7 Å². The van der Waals surface area contributed by atoms with Crippen molar-refractivity contribution in [3.8, 4) is 0 Å². The lowest BCUT2D eigenvalue weighted by molar-refractivity contribution is 0.0998. The van der Waals surface area contributed by atoms with E-state index in [4.69, 9.17) is 16.0 Å². The van der Waals surface area contributed by atoms with Crippen molar-refractivity contribution in [3.05, 3.63) is 58.6 Å². The summed E-state index contributed by atoms with van der Waals surface area (Å²) in [6.45, 7) is 1.69. The highest BCUT2D eigenvalue weighted by Crippen LogP contribution is 2.31. The Kier molecular flexibility index (Phi) is 6.29. The van der Waals surface area contributed by atoms with Crippen molar-refractivity contribution in [1.82, 2.24) is 4.31 Å². The van der Waals surface area contributed by atoms with E-state index in [1.54, 1.807) is 26.1 Å². The number of hydrogen-bond acceptors (Lipinski definition) is 4. The second kappa shape index (κ2) is 8.84. The van der Waals surface area contributed by atoms with Crippen LogP contribution in [0.3, 0.4) is 0 Å². The Hall–Kier alpha value is -2.42. The van der Waals surface area contributed by atoms with Crippen LogP contribution < -0.4 is 5.32 Å². The number of amides is 1. The number of rotatable bonds is 5. The first-order valence-corrected chi connectivity index (χ1v) is 12.3. The number of sulfonamides is 1. The maximum atomic E-state index is 13.4. The monoisotopic (exact) mass is 478 g/mol. The maximum absolute atomic E-state index is 13.4. The van der Waals surface area contributed by atoms with Crippen LogP contribution in [0.15, 0.2) is 45.7 Å². The average molecular weight is 479 g/mol. The molecule has 0 bridgehead atoms. The summed E-state index contributed by atoms with van der Waals surface area (Å²) < 4.78 is 46.9. The van der Waals surface area contributed by atoms with E-state index in [0.29, 0.717) is 22.2 Å². The molecule has 9 heteroatoms. The second-order valence-electron chi connectivity index (χ2n) is 8.11. The van der Waals surface area contributed by atoms with E-state index in [-0.39, 0.29) is 21.7 Å². The molecule has 170 valence electrons. The molecule has 1 heterocycles. The van der Waals surface area contributed by atoms with Gasteiger partial charge < -0.3 is 9.73 Å². The zero-order valence-corrected chi connectivity index (χ0v) is 19.4. The summed E-state index contributed by atoms with van der Waals surface area (Å²) in [7, 11) is -2.04. The van der Waals surface area contributed by atoms with Gasteiger partial charge in [-0.25, -0.2) is 12.8 Å². The molecule has 1 saturated carbocycles. The summed E-state index contributed by atoms with van der Waals surface area (Å²) in [5, 5.41) is 3.06. The first-order chi connectivity index (χ1) is 15.2. The molecule has 0 spiro atoms. The summed E-state index contributed by atoms with van der Waals surface area (Å²) in [5.74, 6) is -1.07. The molecule has 32 heavy (non-hydrogen) atoms. The van der Waals surface area contributed by atoms with E-state index in [0.717, 1.165) is 38.2 Å². The van der Waals surface area contributed by atoms with Crippen LogP contribution in [-0.2, 0) is 10.0 Å². The quantitative estimate of drug-likeness (QED) is 0.507. The zero-order valence-electron chi connectivity index (χ0n) is 17.8. The van der Waals surface area contributed by atoms with E-state index < -0.39 is 21.7 Å². The smallest absolute Gasteiger partial charge is 0.291 e. The highest BCUT2D eigenvalue weighted by atomic mass is 35.5. The summed E-state index contributed by atoms with van der Waals surface area (Å²) in [4.78, 5) is 12.9. The summed E-state index contributed by atoms with van der Waals surface area (Å²) in [5.41, 5.74) is 1.24. The Morgan fingerprint density at radius 2 is 1.88 bits per heavy atom. The molecule has 1 fully saturated rings. The fourth-order valence-corrected chi connectivity index (χ4v) is 5.77. The molecule has 0 aliphatic heterocycles. The second-order valence-corrected chi connectivity index (χ2v) is 10.5. The third-order valence-electron chi connectivity index (χ3n) is 6.06. The molecule has 2 aromatic carbocycles. The number of carbonyl (C=O) groups excluding carboxylic acids is 1. The van der Waals surface area contributed by atoms with E-state index in [1.165, 1.54) is 22.5 Å². The number of furan rings is 1. The van der Waals surface area contributed by atoms with Gasteiger partial charge in [-0.1, -0.05) is 30.9 Å². The molecule has 0 unspecified atom stereocenters. The largest absolute Gasteiger partial charge is 0.451 e. The Morgan fingerprint density at radius 1 is 1.16 bits per heavy atom. The lowest BCUT2D eigenvalue weighted by Gasteiger charge is -2.30. The van der Waals surface area contributed by atoms with Crippen LogP contribution in [0.1, 0.15) is 48.2 Å². The number of benzene rings is 2. The van der Waals surface area contributed by atoms with Crippen molar-refractivity contribution in [2.75, 3.05) is 12.4 Å². The standard InChI is InChI=1S/C23H24ClFN2O4S/c1-14-18-13-17(32(29,30)27(2)16-6-4-3-5-7-16)9-11-21(18)31-22(14)23(28)26-15-8-10-20(25)19(24)12-15/h8-13,16H,3-7H2,1-2H3,(H,26,28).